The number of likely N-dealkylation sites (N-methyl/N-ethyl adjacent to an activating group) is 1. The van der Waals surface area contributed by atoms with E-state index in [1.807, 2.05) is 0 Å². The first-order valence-corrected chi connectivity index (χ1v) is 8.19. The molecule has 0 aromatic rings. The van der Waals surface area contributed by atoms with E-state index in [0.29, 0.717) is 5.54 Å². The Hall–Kier alpha value is -0.120. The standard InChI is InChI=1S/C16H32N2O/c1-18(2)16(9-5-6-10-16)13-17-12-15(19)11-14-7-3-4-8-14/h14-15,17,19H,3-13H2,1-2H3. The number of hydrogen-bond donors (Lipinski definition) is 2. The van der Waals surface area contributed by atoms with Crippen LogP contribution in [0.25, 0.3) is 0 Å². The average molecular weight is 268 g/mol. The minimum Gasteiger partial charge on any atom is -0.392 e. The summed E-state index contributed by atoms with van der Waals surface area (Å²) in [5.41, 5.74) is 0.340. The number of nitrogens with zero attached hydrogens (tertiary/aromatic N) is 1. The summed E-state index contributed by atoms with van der Waals surface area (Å²) in [6.45, 7) is 1.80. The van der Waals surface area contributed by atoms with Crippen LogP contribution in [-0.2, 0) is 0 Å². The Kier molecular flexibility index (Phi) is 5.67. The Bertz CT molecular complexity index is 255. The lowest BCUT2D eigenvalue weighted by atomic mass is 9.95. The Morgan fingerprint density at radius 1 is 1.16 bits per heavy atom. The maximum atomic E-state index is 10.1. The van der Waals surface area contributed by atoms with E-state index in [1.54, 1.807) is 0 Å². The minimum atomic E-state index is -0.149. The summed E-state index contributed by atoms with van der Waals surface area (Å²) in [4.78, 5) is 2.39. The quantitative estimate of drug-likeness (QED) is 0.744. The van der Waals surface area contributed by atoms with Crippen LogP contribution in [0.1, 0.15) is 57.8 Å². The number of rotatable bonds is 7. The van der Waals surface area contributed by atoms with Crippen molar-refractivity contribution in [2.75, 3.05) is 27.2 Å². The molecule has 1 atom stereocenters. The molecule has 2 saturated carbocycles. The Labute approximate surface area is 118 Å². The molecule has 0 radical (unpaired) electrons. The molecule has 0 heterocycles. The molecule has 112 valence electrons. The fourth-order valence-electron chi connectivity index (χ4n) is 4.00. The predicted octanol–water partition coefficient (Wildman–Crippen LogP) is 2.39. The van der Waals surface area contributed by atoms with Crippen LogP contribution in [0.15, 0.2) is 0 Å². The second-order valence-corrected chi connectivity index (χ2v) is 7.00. The van der Waals surface area contributed by atoms with Crippen molar-refractivity contribution in [1.29, 1.82) is 0 Å². The lowest BCUT2D eigenvalue weighted by molar-refractivity contribution is 0.119. The normalized spacial score (nSPS) is 25.3. The van der Waals surface area contributed by atoms with Crippen LogP contribution in [0.4, 0.5) is 0 Å². The van der Waals surface area contributed by atoms with Crippen LogP contribution < -0.4 is 5.32 Å². The van der Waals surface area contributed by atoms with E-state index in [1.165, 1.54) is 51.4 Å². The van der Waals surface area contributed by atoms with E-state index in [4.69, 9.17) is 0 Å². The van der Waals surface area contributed by atoms with Gasteiger partial charge in [0.2, 0.25) is 0 Å². The summed E-state index contributed by atoms with van der Waals surface area (Å²) >= 11 is 0. The summed E-state index contributed by atoms with van der Waals surface area (Å²) < 4.78 is 0. The van der Waals surface area contributed by atoms with E-state index in [0.717, 1.165) is 25.4 Å². The van der Waals surface area contributed by atoms with E-state index in [9.17, 15) is 5.11 Å². The van der Waals surface area contributed by atoms with Crippen molar-refractivity contribution < 1.29 is 5.11 Å². The molecule has 2 rings (SSSR count). The molecular weight excluding hydrogens is 236 g/mol. The second kappa shape index (κ2) is 7.05. The van der Waals surface area contributed by atoms with Gasteiger partial charge in [0.05, 0.1) is 6.10 Å². The zero-order valence-electron chi connectivity index (χ0n) is 12.8. The largest absolute Gasteiger partial charge is 0.392 e. The Morgan fingerprint density at radius 2 is 1.79 bits per heavy atom. The summed E-state index contributed by atoms with van der Waals surface area (Å²) in [6.07, 6.45) is 11.6. The molecule has 0 aromatic carbocycles. The van der Waals surface area contributed by atoms with Crippen molar-refractivity contribution in [3.05, 3.63) is 0 Å². The molecule has 2 aliphatic rings. The van der Waals surface area contributed by atoms with E-state index >= 15 is 0 Å². The average Bonchev–Trinajstić information content (AvgIpc) is 3.00. The highest BCUT2D eigenvalue weighted by atomic mass is 16.3. The van der Waals surface area contributed by atoms with Gasteiger partial charge in [-0.3, -0.25) is 0 Å². The van der Waals surface area contributed by atoms with Crippen molar-refractivity contribution in [3.63, 3.8) is 0 Å². The molecule has 2 fully saturated rings. The minimum absolute atomic E-state index is 0.149. The van der Waals surface area contributed by atoms with Crippen LogP contribution in [0, 0.1) is 5.92 Å². The van der Waals surface area contributed by atoms with Crippen molar-refractivity contribution in [2.45, 2.75) is 69.4 Å². The van der Waals surface area contributed by atoms with Gasteiger partial charge in [-0.1, -0.05) is 38.5 Å². The SMILES string of the molecule is CN(C)C1(CNCC(O)CC2CCCC2)CCCC1. The molecule has 0 spiro atoms. The van der Waals surface area contributed by atoms with Crippen molar-refractivity contribution in [2.24, 2.45) is 5.92 Å². The smallest absolute Gasteiger partial charge is 0.0667 e. The first-order valence-electron chi connectivity index (χ1n) is 8.19. The number of aliphatic hydroxyl groups excluding tert-OH is 1. The maximum absolute atomic E-state index is 10.1. The van der Waals surface area contributed by atoms with Crippen LogP contribution in [0.3, 0.4) is 0 Å². The molecule has 0 saturated heterocycles. The first-order chi connectivity index (χ1) is 9.12. The summed E-state index contributed by atoms with van der Waals surface area (Å²) in [6, 6.07) is 0. The van der Waals surface area contributed by atoms with E-state index in [2.05, 4.69) is 24.3 Å². The van der Waals surface area contributed by atoms with Gasteiger partial charge in [-0.25, -0.2) is 0 Å². The topological polar surface area (TPSA) is 35.5 Å². The van der Waals surface area contributed by atoms with Crippen LogP contribution in [-0.4, -0.2) is 48.8 Å². The molecule has 0 bridgehead atoms. The van der Waals surface area contributed by atoms with Crippen LogP contribution >= 0.6 is 0 Å². The van der Waals surface area contributed by atoms with Gasteiger partial charge in [0.15, 0.2) is 0 Å². The number of nitrogens with one attached hydrogen (secondary N) is 1. The summed E-state index contributed by atoms with van der Waals surface area (Å²) in [7, 11) is 4.39. The number of aliphatic hydroxyl groups is 1. The zero-order chi connectivity index (χ0) is 13.7. The third kappa shape index (κ3) is 4.17. The lowest BCUT2D eigenvalue weighted by Gasteiger charge is -2.37. The highest BCUT2D eigenvalue weighted by Gasteiger charge is 2.35. The Balaban J connectivity index is 1.66. The third-order valence-corrected chi connectivity index (χ3v) is 5.40. The highest BCUT2D eigenvalue weighted by Crippen LogP contribution is 2.33. The van der Waals surface area contributed by atoms with Gasteiger partial charge in [0.25, 0.3) is 0 Å². The van der Waals surface area contributed by atoms with Gasteiger partial charge < -0.3 is 15.3 Å². The first kappa shape index (κ1) is 15.3. The predicted molar refractivity (Wildman–Crippen MR) is 80.3 cm³/mol. The Morgan fingerprint density at radius 3 is 2.37 bits per heavy atom. The highest BCUT2D eigenvalue weighted by molar-refractivity contribution is 4.94. The van der Waals surface area contributed by atoms with Gasteiger partial charge in [-0.15, -0.1) is 0 Å². The van der Waals surface area contributed by atoms with Crippen LogP contribution in [0.5, 0.6) is 0 Å². The summed E-state index contributed by atoms with van der Waals surface area (Å²) in [5.74, 6) is 0.783. The van der Waals surface area contributed by atoms with Crippen molar-refractivity contribution in [3.8, 4) is 0 Å². The van der Waals surface area contributed by atoms with Crippen molar-refractivity contribution >= 4 is 0 Å². The van der Waals surface area contributed by atoms with Gasteiger partial charge in [0.1, 0.15) is 0 Å². The monoisotopic (exact) mass is 268 g/mol. The molecule has 0 amide bonds. The van der Waals surface area contributed by atoms with Crippen LogP contribution in [0.2, 0.25) is 0 Å². The number of hydrogen-bond acceptors (Lipinski definition) is 3. The van der Waals surface area contributed by atoms with Crippen molar-refractivity contribution in [1.82, 2.24) is 10.2 Å². The van der Waals surface area contributed by atoms with Gasteiger partial charge in [-0.2, -0.15) is 0 Å². The second-order valence-electron chi connectivity index (χ2n) is 7.00. The molecule has 3 nitrogen and oxygen atoms in total. The fourth-order valence-corrected chi connectivity index (χ4v) is 4.00. The molecule has 2 N–H and O–H groups in total. The van der Waals surface area contributed by atoms with E-state index in [-0.39, 0.29) is 6.10 Å². The molecule has 2 aliphatic carbocycles. The third-order valence-electron chi connectivity index (χ3n) is 5.40. The van der Waals surface area contributed by atoms with Gasteiger partial charge >= 0.3 is 0 Å². The molecule has 3 heteroatoms. The summed E-state index contributed by atoms with van der Waals surface area (Å²) in [5, 5.41) is 13.7. The fraction of sp³-hybridized carbons (Fsp3) is 1.00. The molecule has 1 unspecified atom stereocenters. The molecular formula is C16H32N2O. The zero-order valence-corrected chi connectivity index (χ0v) is 12.8. The lowest BCUT2D eigenvalue weighted by Crippen LogP contribution is -2.50. The molecule has 0 aliphatic heterocycles. The molecule has 19 heavy (non-hydrogen) atoms. The van der Waals surface area contributed by atoms with Gasteiger partial charge in [-0.05, 0) is 39.3 Å². The van der Waals surface area contributed by atoms with Gasteiger partial charge in [0, 0.05) is 18.6 Å². The maximum Gasteiger partial charge on any atom is 0.0667 e. The van der Waals surface area contributed by atoms with E-state index < -0.39 is 0 Å². The molecule has 0 aromatic heterocycles.